The van der Waals surface area contributed by atoms with Crippen molar-refractivity contribution >= 4 is 0 Å². The van der Waals surface area contributed by atoms with Gasteiger partial charge < -0.3 is 9.84 Å². The molecule has 2 aliphatic heterocycles. The van der Waals surface area contributed by atoms with Crippen LogP contribution in [0.1, 0.15) is 24.0 Å². The molecule has 2 N–H and O–H groups in total. The van der Waals surface area contributed by atoms with E-state index in [1.165, 1.54) is 11.1 Å². The Morgan fingerprint density at radius 3 is 2.20 bits per heavy atom. The third-order valence-electron chi connectivity index (χ3n) is 5.56. The highest BCUT2D eigenvalue weighted by Gasteiger charge is 2.49. The molecule has 2 atom stereocenters. The largest absolute Gasteiger partial charge is 0.356 e. The van der Waals surface area contributed by atoms with E-state index in [1.807, 2.05) is 6.07 Å². The van der Waals surface area contributed by atoms with Crippen LogP contribution in [0.2, 0.25) is 0 Å². The SMILES string of the molecule is OC1NC(Cc2ccccc2)C2(CCN(Cc3ccccc3)CC2)O1. The zero-order valence-electron chi connectivity index (χ0n) is 14.5. The molecule has 0 aromatic heterocycles. The molecule has 2 unspecified atom stereocenters. The summed E-state index contributed by atoms with van der Waals surface area (Å²) >= 11 is 0. The molecule has 1 spiro atoms. The molecule has 25 heavy (non-hydrogen) atoms. The van der Waals surface area contributed by atoms with E-state index in [-0.39, 0.29) is 11.6 Å². The van der Waals surface area contributed by atoms with Crippen molar-refractivity contribution in [3.05, 3.63) is 71.8 Å². The molecule has 2 fully saturated rings. The normalized spacial score (nSPS) is 26.1. The highest BCUT2D eigenvalue weighted by molar-refractivity contribution is 5.19. The van der Waals surface area contributed by atoms with E-state index in [0.717, 1.165) is 38.9 Å². The van der Waals surface area contributed by atoms with Gasteiger partial charge in [0, 0.05) is 25.7 Å². The average Bonchev–Trinajstić information content (AvgIpc) is 2.94. The van der Waals surface area contributed by atoms with Crippen LogP contribution in [-0.2, 0) is 17.7 Å². The molecule has 2 heterocycles. The lowest BCUT2D eigenvalue weighted by Gasteiger charge is -2.41. The van der Waals surface area contributed by atoms with Crippen molar-refractivity contribution in [2.45, 2.75) is 43.9 Å². The van der Waals surface area contributed by atoms with Crippen LogP contribution in [0.25, 0.3) is 0 Å². The Labute approximate surface area is 149 Å². The van der Waals surface area contributed by atoms with Crippen LogP contribution in [0.15, 0.2) is 60.7 Å². The Balaban J connectivity index is 1.41. The summed E-state index contributed by atoms with van der Waals surface area (Å²) in [7, 11) is 0. The van der Waals surface area contributed by atoms with Gasteiger partial charge in [0.25, 0.3) is 0 Å². The lowest BCUT2D eigenvalue weighted by Crippen LogP contribution is -2.52. The van der Waals surface area contributed by atoms with Crippen LogP contribution in [0, 0.1) is 0 Å². The maximum Gasteiger partial charge on any atom is 0.214 e. The highest BCUT2D eigenvalue weighted by atomic mass is 16.6. The first-order valence-electron chi connectivity index (χ1n) is 9.16. The number of hydrogen-bond acceptors (Lipinski definition) is 4. The van der Waals surface area contributed by atoms with Gasteiger partial charge in [0.05, 0.1) is 5.60 Å². The zero-order valence-corrected chi connectivity index (χ0v) is 14.5. The van der Waals surface area contributed by atoms with Crippen molar-refractivity contribution in [1.29, 1.82) is 0 Å². The lowest BCUT2D eigenvalue weighted by molar-refractivity contribution is -0.161. The number of nitrogens with one attached hydrogen (secondary N) is 1. The second-order valence-electron chi connectivity index (χ2n) is 7.21. The molecule has 2 saturated heterocycles. The summed E-state index contributed by atoms with van der Waals surface area (Å²) in [4.78, 5) is 2.48. The maximum atomic E-state index is 10.0. The van der Waals surface area contributed by atoms with Crippen LogP contribution >= 0.6 is 0 Å². The molecule has 4 heteroatoms. The first kappa shape index (κ1) is 16.7. The van der Waals surface area contributed by atoms with Gasteiger partial charge >= 0.3 is 0 Å². The van der Waals surface area contributed by atoms with Gasteiger partial charge in [-0.05, 0) is 30.4 Å². The molecule has 0 saturated carbocycles. The monoisotopic (exact) mass is 338 g/mol. The summed E-state index contributed by atoms with van der Waals surface area (Å²) in [6, 6.07) is 21.2. The molecule has 2 aromatic carbocycles. The third-order valence-corrected chi connectivity index (χ3v) is 5.56. The van der Waals surface area contributed by atoms with Gasteiger partial charge in [0.1, 0.15) is 0 Å². The minimum Gasteiger partial charge on any atom is -0.356 e. The number of likely N-dealkylation sites (tertiary alicyclic amines) is 1. The number of ether oxygens (including phenoxy) is 1. The van der Waals surface area contributed by atoms with Crippen LogP contribution in [0.3, 0.4) is 0 Å². The fourth-order valence-corrected chi connectivity index (χ4v) is 4.15. The van der Waals surface area contributed by atoms with Gasteiger partial charge in [-0.1, -0.05) is 60.7 Å². The zero-order chi connectivity index (χ0) is 17.1. The Hall–Kier alpha value is -1.72. The van der Waals surface area contributed by atoms with Gasteiger partial charge in [-0.2, -0.15) is 0 Å². The fraction of sp³-hybridized carbons (Fsp3) is 0.429. The number of piperidine rings is 1. The summed E-state index contributed by atoms with van der Waals surface area (Å²) < 4.78 is 5.99. The van der Waals surface area contributed by atoms with Crippen LogP contribution in [0.4, 0.5) is 0 Å². The maximum absolute atomic E-state index is 10.0. The average molecular weight is 338 g/mol. The quantitative estimate of drug-likeness (QED) is 0.899. The summed E-state index contributed by atoms with van der Waals surface area (Å²) in [5.41, 5.74) is 2.37. The third kappa shape index (κ3) is 3.77. The predicted octanol–water partition coefficient (Wildman–Crippen LogP) is 2.53. The molecule has 0 bridgehead atoms. The molecule has 2 aromatic rings. The molecule has 2 aliphatic rings. The van der Waals surface area contributed by atoms with Crippen molar-refractivity contribution in [3.63, 3.8) is 0 Å². The van der Waals surface area contributed by atoms with Crippen molar-refractivity contribution in [2.24, 2.45) is 0 Å². The molecule has 4 rings (SSSR count). The number of nitrogens with zero attached hydrogens (tertiary/aromatic N) is 1. The van der Waals surface area contributed by atoms with Crippen molar-refractivity contribution in [1.82, 2.24) is 10.2 Å². The molecular weight excluding hydrogens is 312 g/mol. The summed E-state index contributed by atoms with van der Waals surface area (Å²) in [6.07, 6.45) is 1.92. The number of rotatable bonds is 4. The molecular formula is C21H26N2O2. The standard InChI is InChI=1S/C21H26N2O2/c24-20-22-19(15-17-7-3-1-4-8-17)21(25-20)11-13-23(14-12-21)16-18-9-5-2-6-10-18/h1-10,19-20,22,24H,11-16H2. The van der Waals surface area contributed by atoms with E-state index < -0.39 is 6.41 Å². The highest BCUT2D eigenvalue weighted by Crippen LogP contribution is 2.36. The molecule has 132 valence electrons. The van der Waals surface area contributed by atoms with E-state index >= 15 is 0 Å². The number of benzene rings is 2. The van der Waals surface area contributed by atoms with E-state index in [0.29, 0.717) is 0 Å². The van der Waals surface area contributed by atoms with Crippen molar-refractivity contribution in [3.8, 4) is 0 Å². The topological polar surface area (TPSA) is 44.7 Å². The summed E-state index contributed by atoms with van der Waals surface area (Å²) in [6.45, 7) is 2.97. The lowest BCUT2D eigenvalue weighted by atomic mass is 9.82. The van der Waals surface area contributed by atoms with Crippen LogP contribution in [0.5, 0.6) is 0 Å². The van der Waals surface area contributed by atoms with Crippen molar-refractivity contribution < 1.29 is 9.84 Å². The first-order chi connectivity index (χ1) is 12.2. The first-order valence-corrected chi connectivity index (χ1v) is 9.16. The van der Waals surface area contributed by atoms with E-state index in [1.54, 1.807) is 0 Å². The van der Waals surface area contributed by atoms with E-state index in [4.69, 9.17) is 4.74 Å². The Morgan fingerprint density at radius 1 is 0.960 bits per heavy atom. The van der Waals surface area contributed by atoms with Crippen LogP contribution in [-0.4, -0.2) is 41.2 Å². The van der Waals surface area contributed by atoms with Gasteiger partial charge in [0.15, 0.2) is 0 Å². The smallest absolute Gasteiger partial charge is 0.214 e. The Kier molecular flexibility index (Phi) is 4.86. The minimum atomic E-state index is -0.852. The molecule has 0 aliphatic carbocycles. The van der Waals surface area contributed by atoms with Crippen LogP contribution < -0.4 is 5.32 Å². The van der Waals surface area contributed by atoms with Gasteiger partial charge in [-0.15, -0.1) is 0 Å². The Bertz CT molecular complexity index is 669. The van der Waals surface area contributed by atoms with Gasteiger partial charge in [0.2, 0.25) is 6.41 Å². The van der Waals surface area contributed by atoms with Gasteiger partial charge in [-0.25, -0.2) is 0 Å². The molecule has 4 nitrogen and oxygen atoms in total. The Morgan fingerprint density at radius 2 is 1.56 bits per heavy atom. The van der Waals surface area contributed by atoms with Crippen molar-refractivity contribution in [2.75, 3.05) is 13.1 Å². The number of aliphatic hydroxyl groups excluding tert-OH is 1. The van der Waals surface area contributed by atoms with E-state index in [9.17, 15) is 5.11 Å². The summed E-state index contributed by atoms with van der Waals surface area (Å²) in [5, 5.41) is 13.3. The second kappa shape index (κ2) is 7.26. The number of hydrogen-bond donors (Lipinski definition) is 2. The second-order valence-corrected chi connectivity index (χ2v) is 7.21. The molecule has 0 radical (unpaired) electrons. The van der Waals surface area contributed by atoms with Gasteiger partial charge in [-0.3, -0.25) is 10.2 Å². The number of aliphatic hydroxyl groups is 1. The molecule has 0 amide bonds. The minimum absolute atomic E-state index is 0.156. The fourth-order valence-electron chi connectivity index (χ4n) is 4.15. The van der Waals surface area contributed by atoms with E-state index in [2.05, 4.69) is 64.8 Å². The predicted molar refractivity (Wildman–Crippen MR) is 97.8 cm³/mol. The summed E-state index contributed by atoms with van der Waals surface area (Å²) in [5.74, 6) is 0.